The van der Waals surface area contributed by atoms with E-state index in [0.717, 1.165) is 17.9 Å². The van der Waals surface area contributed by atoms with Crippen LogP contribution in [0.2, 0.25) is 0 Å². The molecule has 8 nitrogen and oxygen atoms in total. The summed E-state index contributed by atoms with van der Waals surface area (Å²) in [6.07, 6.45) is 2.71. The van der Waals surface area contributed by atoms with Gasteiger partial charge in [0.15, 0.2) is 17.4 Å². The highest BCUT2D eigenvalue weighted by molar-refractivity contribution is 14.0. The Labute approximate surface area is 187 Å². The van der Waals surface area contributed by atoms with Gasteiger partial charge in [0.25, 0.3) is 0 Å². The minimum atomic E-state index is -0.0746. The Morgan fingerprint density at radius 1 is 1.03 bits per heavy atom. The van der Waals surface area contributed by atoms with E-state index in [2.05, 4.69) is 43.3 Å². The Kier molecular flexibility index (Phi) is 9.35. The molecule has 0 radical (unpaired) electrons. The molecule has 29 heavy (non-hydrogen) atoms. The third kappa shape index (κ3) is 7.00. The normalized spacial score (nSPS) is 11.0. The van der Waals surface area contributed by atoms with Gasteiger partial charge in [-0.2, -0.15) is 0 Å². The van der Waals surface area contributed by atoms with E-state index in [1.54, 1.807) is 0 Å². The second-order valence-electron chi connectivity index (χ2n) is 6.18. The molecule has 0 spiro atoms. The number of benzene rings is 1. The van der Waals surface area contributed by atoms with Crippen molar-refractivity contribution in [1.29, 1.82) is 0 Å². The first kappa shape index (κ1) is 22.6. The van der Waals surface area contributed by atoms with Crippen molar-refractivity contribution in [2.45, 2.75) is 19.9 Å². The number of guanidine groups is 1. The molecule has 0 aliphatic heterocycles. The molecule has 0 aliphatic rings. The first-order chi connectivity index (χ1) is 13.8. The van der Waals surface area contributed by atoms with Gasteiger partial charge in [0.1, 0.15) is 6.54 Å². The smallest absolute Gasteiger partial charge is 0.239 e. The molecule has 0 saturated heterocycles. The van der Waals surface area contributed by atoms with Crippen molar-refractivity contribution in [3.63, 3.8) is 0 Å². The van der Waals surface area contributed by atoms with Crippen molar-refractivity contribution in [3.8, 4) is 0 Å². The number of pyridine rings is 1. The van der Waals surface area contributed by atoms with Gasteiger partial charge in [-0.05, 0) is 31.0 Å². The van der Waals surface area contributed by atoms with E-state index in [1.807, 2.05) is 53.9 Å². The summed E-state index contributed by atoms with van der Waals surface area (Å²) >= 11 is 0. The second-order valence-corrected chi connectivity index (χ2v) is 6.18. The highest BCUT2D eigenvalue weighted by atomic mass is 127. The second kappa shape index (κ2) is 12.0. The zero-order valence-electron chi connectivity index (χ0n) is 16.3. The van der Waals surface area contributed by atoms with E-state index >= 15 is 0 Å². The van der Waals surface area contributed by atoms with Gasteiger partial charge < -0.3 is 16.0 Å². The molecule has 0 unspecified atom stereocenters. The van der Waals surface area contributed by atoms with Gasteiger partial charge in [-0.3, -0.25) is 9.20 Å². The monoisotopic (exact) mass is 507 g/mol. The average Bonchev–Trinajstić information content (AvgIpc) is 3.14. The molecule has 2 aromatic heterocycles. The Morgan fingerprint density at radius 3 is 2.62 bits per heavy atom. The lowest BCUT2D eigenvalue weighted by atomic mass is 10.1. The molecule has 1 amide bonds. The molecule has 1 aromatic carbocycles. The number of nitrogens with one attached hydrogen (secondary N) is 3. The number of aliphatic imine (C=N–C) groups is 1. The van der Waals surface area contributed by atoms with E-state index in [0.29, 0.717) is 25.6 Å². The van der Waals surface area contributed by atoms with Crippen LogP contribution in [-0.2, 0) is 17.8 Å². The first-order valence-corrected chi connectivity index (χ1v) is 9.37. The molecular formula is C20H26IN7O. The summed E-state index contributed by atoms with van der Waals surface area (Å²) in [6.45, 7) is 3.78. The quantitative estimate of drug-likeness (QED) is 0.246. The highest BCUT2D eigenvalue weighted by Gasteiger charge is 2.06. The molecule has 0 fully saturated rings. The van der Waals surface area contributed by atoms with E-state index in [1.165, 1.54) is 5.56 Å². The molecule has 0 saturated carbocycles. The van der Waals surface area contributed by atoms with Gasteiger partial charge in [0.05, 0.1) is 6.54 Å². The summed E-state index contributed by atoms with van der Waals surface area (Å²) in [6, 6.07) is 15.8. The number of hydrogen-bond acceptors (Lipinski definition) is 4. The summed E-state index contributed by atoms with van der Waals surface area (Å²) in [5.41, 5.74) is 1.98. The molecule has 154 valence electrons. The fraction of sp³-hybridized carbons (Fsp3) is 0.300. The summed E-state index contributed by atoms with van der Waals surface area (Å²) < 4.78 is 1.89. The highest BCUT2D eigenvalue weighted by Crippen LogP contribution is 2.03. The summed E-state index contributed by atoms with van der Waals surface area (Å²) in [7, 11) is 0. The number of rotatable bonds is 8. The third-order valence-corrected chi connectivity index (χ3v) is 4.10. The lowest BCUT2D eigenvalue weighted by molar-refractivity contribution is -0.119. The molecule has 3 N–H and O–H groups in total. The Balaban J connectivity index is 0.00000300. The maximum Gasteiger partial charge on any atom is 0.239 e. The maximum atomic E-state index is 12.1. The molecule has 2 heterocycles. The largest absolute Gasteiger partial charge is 0.357 e. The topological polar surface area (TPSA) is 95.7 Å². The van der Waals surface area contributed by atoms with Crippen LogP contribution in [0.3, 0.4) is 0 Å². The van der Waals surface area contributed by atoms with Gasteiger partial charge >= 0.3 is 0 Å². The number of nitrogens with zero attached hydrogens (tertiary/aromatic N) is 4. The molecule has 9 heteroatoms. The maximum absolute atomic E-state index is 12.1. The van der Waals surface area contributed by atoms with Crippen LogP contribution >= 0.6 is 24.0 Å². The SMILES string of the molecule is CCNC(=NCc1nnc2ccccn12)NCC(=O)NCCc1ccccc1.I. The lowest BCUT2D eigenvalue weighted by Crippen LogP contribution is -2.43. The Bertz CT molecular complexity index is 927. The van der Waals surface area contributed by atoms with Gasteiger partial charge in [-0.25, -0.2) is 4.99 Å². The number of halogens is 1. The van der Waals surface area contributed by atoms with Gasteiger partial charge in [-0.1, -0.05) is 36.4 Å². The van der Waals surface area contributed by atoms with Crippen molar-refractivity contribution in [2.75, 3.05) is 19.6 Å². The van der Waals surface area contributed by atoms with Crippen LogP contribution in [0, 0.1) is 0 Å². The molecule has 3 aromatic rings. The number of carbonyl (C=O) groups excluding carboxylic acids is 1. The predicted molar refractivity (Wildman–Crippen MR) is 124 cm³/mol. The zero-order valence-corrected chi connectivity index (χ0v) is 18.7. The van der Waals surface area contributed by atoms with Gasteiger partial charge in [-0.15, -0.1) is 34.2 Å². The average molecular weight is 507 g/mol. The van der Waals surface area contributed by atoms with Crippen molar-refractivity contribution in [3.05, 3.63) is 66.1 Å². The molecule has 0 atom stereocenters. The third-order valence-electron chi connectivity index (χ3n) is 4.10. The molecule has 3 rings (SSSR count). The zero-order chi connectivity index (χ0) is 19.6. The van der Waals surface area contributed by atoms with Crippen LogP contribution in [0.4, 0.5) is 0 Å². The van der Waals surface area contributed by atoms with Crippen LogP contribution in [0.25, 0.3) is 5.65 Å². The predicted octanol–water partition coefficient (Wildman–Crippen LogP) is 1.76. The fourth-order valence-electron chi connectivity index (χ4n) is 2.71. The van der Waals surface area contributed by atoms with Crippen LogP contribution in [0.15, 0.2) is 59.7 Å². The van der Waals surface area contributed by atoms with Crippen molar-refractivity contribution >= 4 is 41.5 Å². The number of hydrogen-bond donors (Lipinski definition) is 3. The van der Waals surface area contributed by atoms with Crippen LogP contribution in [-0.4, -0.2) is 46.1 Å². The number of carbonyl (C=O) groups is 1. The number of amides is 1. The van der Waals surface area contributed by atoms with Gasteiger partial charge in [0.2, 0.25) is 5.91 Å². The Morgan fingerprint density at radius 2 is 1.83 bits per heavy atom. The minimum absolute atomic E-state index is 0. The fourth-order valence-corrected chi connectivity index (χ4v) is 2.71. The number of fused-ring (bicyclic) bond motifs is 1. The van der Waals surface area contributed by atoms with Crippen LogP contribution in [0.5, 0.6) is 0 Å². The standard InChI is InChI=1S/C20H25N7O.HI/c1-2-21-20(23-14-18-26-25-17-10-6-7-13-27(17)18)24-15-19(28)22-12-11-16-8-4-3-5-9-16;/h3-10,13H,2,11-12,14-15H2,1H3,(H,22,28)(H2,21,23,24);1H. The molecule has 0 bridgehead atoms. The van der Waals surface area contributed by atoms with Crippen molar-refractivity contribution in [2.24, 2.45) is 4.99 Å². The van der Waals surface area contributed by atoms with E-state index < -0.39 is 0 Å². The summed E-state index contributed by atoms with van der Waals surface area (Å²) in [5.74, 6) is 1.22. The lowest BCUT2D eigenvalue weighted by Gasteiger charge is -2.11. The molecule has 0 aliphatic carbocycles. The van der Waals surface area contributed by atoms with E-state index in [4.69, 9.17) is 0 Å². The molecular weight excluding hydrogens is 481 g/mol. The first-order valence-electron chi connectivity index (χ1n) is 9.37. The summed E-state index contributed by atoms with van der Waals surface area (Å²) in [5, 5.41) is 17.4. The van der Waals surface area contributed by atoms with Crippen LogP contribution < -0.4 is 16.0 Å². The summed E-state index contributed by atoms with van der Waals surface area (Å²) in [4.78, 5) is 16.6. The van der Waals surface area contributed by atoms with Gasteiger partial charge in [0, 0.05) is 19.3 Å². The number of aromatic nitrogens is 3. The van der Waals surface area contributed by atoms with E-state index in [-0.39, 0.29) is 36.4 Å². The van der Waals surface area contributed by atoms with Crippen LogP contribution in [0.1, 0.15) is 18.3 Å². The Hall–Kier alpha value is -2.69. The van der Waals surface area contributed by atoms with E-state index in [9.17, 15) is 4.79 Å². The van der Waals surface area contributed by atoms with Crippen molar-refractivity contribution < 1.29 is 4.79 Å². The van der Waals surface area contributed by atoms with Crippen molar-refractivity contribution in [1.82, 2.24) is 30.5 Å². The minimum Gasteiger partial charge on any atom is -0.357 e.